The predicted octanol–water partition coefficient (Wildman–Crippen LogP) is 1.85. The molecule has 5 heteroatoms. The Morgan fingerprint density at radius 2 is 1.80 bits per heavy atom. The van der Waals surface area contributed by atoms with Crippen LogP contribution in [0.15, 0.2) is 0 Å². The van der Waals surface area contributed by atoms with Crippen LogP contribution >= 0.6 is 0 Å². The lowest BCUT2D eigenvalue weighted by atomic mass is 9.74. The second-order valence-corrected chi connectivity index (χ2v) is 7.00. The zero-order chi connectivity index (χ0) is 15.6. The SMILES string of the molecule is CCCC1(C(=O)O)CCN(C(=O)C(N)C(C)(C)C)CC1. The fourth-order valence-electron chi connectivity index (χ4n) is 2.77. The molecule has 1 rings (SSSR count). The first kappa shape index (κ1) is 17.0. The number of carbonyl (C=O) groups excluding carboxylic acids is 1. The molecule has 0 radical (unpaired) electrons. The van der Waals surface area contributed by atoms with Gasteiger partial charge in [-0.25, -0.2) is 0 Å². The Balaban J connectivity index is 2.70. The minimum absolute atomic E-state index is 0.0620. The van der Waals surface area contributed by atoms with Gasteiger partial charge in [0, 0.05) is 13.1 Å². The van der Waals surface area contributed by atoms with Crippen LogP contribution in [-0.4, -0.2) is 41.0 Å². The molecule has 0 aromatic heterocycles. The summed E-state index contributed by atoms with van der Waals surface area (Å²) in [5.74, 6) is -0.792. The number of aliphatic carboxylic acids is 1. The Hall–Kier alpha value is -1.10. The number of nitrogens with two attached hydrogens (primary N) is 1. The van der Waals surface area contributed by atoms with Crippen molar-refractivity contribution < 1.29 is 14.7 Å². The van der Waals surface area contributed by atoms with E-state index in [1.807, 2.05) is 27.7 Å². The molecule has 20 heavy (non-hydrogen) atoms. The second kappa shape index (κ2) is 6.12. The van der Waals surface area contributed by atoms with E-state index in [0.29, 0.717) is 32.4 Å². The van der Waals surface area contributed by atoms with Gasteiger partial charge in [-0.3, -0.25) is 9.59 Å². The highest BCUT2D eigenvalue weighted by molar-refractivity contribution is 5.83. The second-order valence-electron chi connectivity index (χ2n) is 7.00. The summed E-state index contributed by atoms with van der Waals surface area (Å²) >= 11 is 0. The zero-order valence-corrected chi connectivity index (χ0v) is 13.1. The average molecular weight is 284 g/mol. The van der Waals surface area contributed by atoms with Crippen molar-refractivity contribution in [1.29, 1.82) is 0 Å². The number of carboxylic acid groups (broad SMARTS) is 1. The summed E-state index contributed by atoms with van der Waals surface area (Å²) in [7, 11) is 0. The maximum atomic E-state index is 12.3. The van der Waals surface area contributed by atoms with Crippen LogP contribution in [0.3, 0.4) is 0 Å². The summed E-state index contributed by atoms with van der Waals surface area (Å²) in [6.07, 6.45) is 2.58. The van der Waals surface area contributed by atoms with Crippen LogP contribution in [0.5, 0.6) is 0 Å². The summed E-state index contributed by atoms with van der Waals surface area (Å²) in [6.45, 7) is 8.82. The van der Waals surface area contributed by atoms with Crippen molar-refractivity contribution in [1.82, 2.24) is 4.90 Å². The molecule has 1 unspecified atom stereocenters. The maximum Gasteiger partial charge on any atom is 0.309 e. The summed E-state index contributed by atoms with van der Waals surface area (Å²) in [6, 6.07) is -0.536. The first-order chi connectivity index (χ1) is 9.14. The third-order valence-electron chi connectivity index (χ3n) is 4.41. The first-order valence-electron chi connectivity index (χ1n) is 7.42. The average Bonchev–Trinajstić information content (AvgIpc) is 2.37. The molecule has 0 bridgehead atoms. The highest BCUT2D eigenvalue weighted by Gasteiger charge is 2.42. The van der Waals surface area contributed by atoms with Gasteiger partial charge in [-0.1, -0.05) is 34.1 Å². The lowest BCUT2D eigenvalue weighted by Crippen LogP contribution is -2.54. The summed E-state index contributed by atoms with van der Waals surface area (Å²) < 4.78 is 0. The lowest BCUT2D eigenvalue weighted by Gasteiger charge is -2.41. The van der Waals surface area contributed by atoms with Gasteiger partial charge < -0.3 is 15.7 Å². The molecule has 0 saturated carbocycles. The molecule has 5 nitrogen and oxygen atoms in total. The van der Waals surface area contributed by atoms with Gasteiger partial charge in [0.1, 0.15) is 0 Å². The predicted molar refractivity (Wildman–Crippen MR) is 78.2 cm³/mol. The van der Waals surface area contributed by atoms with Gasteiger partial charge in [0.05, 0.1) is 11.5 Å². The van der Waals surface area contributed by atoms with Crippen LogP contribution in [0.25, 0.3) is 0 Å². The molecule has 1 atom stereocenters. The standard InChI is InChI=1S/C15H28N2O3/c1-5-6-15(13(19)20)7-9-17(10-8-15)12(18)11(16)14(2,3)4/h11H,5-10,16H2,1-4H3,(H,19,20). The molecule has 3 N–H and O–H groups in total. The number of hydrogen-bond donors (Lipinski definition) is 2. The Kier molecular flexibility index (Phi) is 5.19. The van der Waals surface area contributed by atoms with E-state index < -0.39 is 17.4 Å². The van der Waals surface area contributed by atoms with Crippen molar-refractivity contribution in [3.05, 3.63) is 0 Å². The number of nitrogens with zero attached hydrogens (tertiary/aromatic N) is 1. The third kappa shape index (κ3) is 3.51. The number of hydrogen-bond acceptors (Lipinski definition) is 3. The Morgan fingerprint density at radius 1 is 1.30 bits per heavy atom. The van der Waals surface area contributed by atoms with Crippen LogP contribution in [0, 0.1) is 10.8 Å². The van der Waals surface area contributed by atoms with Crippen LogP contribution < -0.4 is 5.73 Å². The fraction of sp³-hybridized carbons (Fsp3) is 0.867. The van der Waals surface area contributed by atoms with E-state index in [1.165, 1.54) is 0 Å². The van der Waals surface area contributed by atoms with Crippen molar-refractivity contribution in [2.75, 3.05) is 13.1 Å². The summed E-state index contributed by atoms with van der Waals surface area (Å²) in [5.41, 5.74) is 5.07. The third-order valence-corrected chi connectivity index (χ3v) is 4.41. The van der Waals surface area contributed by atoms with Crippen molar-refractivity contribution >= 4 is 11.9 Å². The molecule has 1 heterocycles. The molecular weight excluding hydrogens is 256 g/mol. The van der Waals surface area contributed by atoms with Gasteiger partial charge in [0.25, 0.3) is 0 Å². The minimum Gasteiger partial charge on any atom is -0.481 e. The number of amides is 1. The Bertz CT molecular complexity index is 366. The molecule has 1 amide bonds. The minimum atomic E-state index is -0.730. The molecule has 0 spiro atoms. The van der Waals surface area contributed by atoms with Crippen LogP contribution in [0.4, 0.5) is 0 Å². The number of likely N-dealkylation sites (tertiary alicyclic amines) is 1. The van der Waals surface area contributed by atoms with Crippen LogP contribution in [0.2, 0.25) is 0 Å². The van der Waals surface area contributed by atoms with E-state index >= 15 is 0 Å². The van der Waals surface area contributed by atoms with Gasteiger partial charge >= 0.3 is 5.97 Å². The topological polar surface area (TPSA) is 83.6 Å². The Morgan fingerprint density at radius 3 is 2.15 bits per heavy atom. The van der Waals surface area contributed by atoms with E-state index in [2.05, 4.69) is 0 Å². The quantitative estimate of drug-likeness (QED) is 0.825. The molecule has 1 aliphatic heterocycles. The van der Waals surface area contributed by atoms with E-state index in [9.17, 15) is 14.7 Å². The van der Waals surface area contributed by atoms with Gasteiger partial charge in [-0.05, 0) is 24.7 Å². The van der Waals surface area contributed by atoms with E-state index in [1.54, 1.807) is 4.90 Å². The van der Waals surface area contributed by atoms with Gasteiger partial charge in [0.2, 0.25) is 5.91 Å². The lowest BCUT2D eigenvalue weighted by molar-refractivity contribution is -0.155. The molecule has 116 valence electrons. The summed E-state index contributed by atoms with van der Waals surface area (Å²) in [4.78, 5) is 25.6. The fourth-order valence-corrected chi connectivity index (χ4v) is 2.77. The number of carbonyl (C=O) groups is 2. The zero-order valence-electron chi connectivity index (χ0n) is 13.1. The number of piperidine rings is 1. The smallest absolute Gasteiger partial charge is 0.309 e. The maximum absolute atomic E-state index is 12.3. The molecule has 0 aromatic carbocycles. The van der Waals surface area contributed by atoms with Gasteiger partial charge in [-0.15, -0.1) is 0 Å². The van der Waals surface area contributed by atoms with Crippen molar-refractivity contribution in [2.24, 2.45) is 16.6 Å². The van der Waals surface area contributed by atoms with E-state index in [4.69, 9.17) is 5.73 Å². The number of rotatable bonds is 4. The highest BCUT2D eigenvalue weighted by Crippen LogP contribution is 2.37. The molecule has 0 aromatic rings. The van der Waals surface area contributed by atoms with Crippen molar-refractivity contribution in [2.45, 2.75) is 59.4 Å². The van der Waals surface area contributed by atoms with E-state index in [-0.39, 0.29) is 11.3 Å². The van der Waals surface area contributed by atoms with Crippen LogP contribution in [-0.2, 0) is 9.59 Å². The highest BCUT2D eigenvalue weighted by atomic mass is 16.4. The largest absolute Gasteiger partial charge is 0.481 e. The molecule has 1 saturated heterocycles. The van der Waals surface area contributed by atoms with E-state index in [0.717, 1.165) is 6.42 Å². The monoisotopic (exact) mass is 284 g/mol. The van der Waals surface area contributed by atoms with Gasteiger partial charge in [-0.2, -0.15) is 0 Å². The van der Waals surface area contributed by atoms with Crippen molar-refractivity contribution in [3.8, 4) is 0 Å². The van der Waals surface area contributed by atoms with Crippen LogP contribution in [0.1, 0.15) is 53.4 Å². The molecule has 1 fully saturated rings. The molecule has 0 aliphatic carbocycles. The molecular formula is C15H28N2O3. The van der Waals surface area contributed by atoms with Crippen molar-refractivity contribution in [3.63, 3.8) is 0 Å². The summed E-state index contributed by atoms with van der Waals surface area (Å²) in [5, 5.41) is 9.46. The number of carboxylic acids is 1. The Labute approximate surface area is 121 Å². The van der Waals surface area contributed by atoms with Gasteiger partial charge in [0.15, 0.2) is 0 Å². The molecule has 1 aliphatic rings. The normalized spacial score (nSPS) is 20.6. The first-order valence-corrected chi connectivity index (χ1v) is 7.42.